The molecule has 1 fully saturated rings. The largest absolute Gasteiger partial charge is 0.367 e. The van der Waals surface area contributed by atoms with Crippen LogP contribution >= 0.6 is 0 Å². The highest BCUT2D eigenvalue weighted by molar-refractivity contribution is 7.89. The fourth-order valence-electron chi connectivity index (χ4n) is 2.59. The predicted molar refractivity (Wildman–Crippen MR) is 75.1 cm³/mol. The van der Waals surface area contributed by atoms with Gasteiger partial charge in [-0.25, -0.2) is 8.42 Å². The SMILES string of the molecule is CC1(C)CN(S(=O)(=O)c2ccc(=O)[nH]c2)CC(C)(C)O1. The van der Waals surface area contributed by atoms with Crippen molar-refractivity contribution in [2.75, 3.05) is 13.1 Å². The Morgan fingerprint density at radius 1 is 1.15 bits per heavy atom. The van der Waals surface area contributed by atoms with Crippen LogP contribution in [-0.2, 0) is 14.8 Å². The highest BCUT2D eigenvalue weighted by atomic mass is 32.2. The van der Waals surface area contributed by atoms with Crippen LogP contribution in [-0.4, -0.2) is 42.0 Å². The lowest BCUT2D eigenvalue weighted by Crippen LogP contribution is -2.58. The van der Waals surface area contributed by atoms with E-state index in [0.29, 0.717) is 0 Å². The number of nitrogens with zero attached hydrogens (tertiary/aromatic N) is 1. The minimum Gasteiger partial charge on any atom is -0.367 e. The number of morpholine rings is 1. The first-order valence-corrected chi connectivity index (χ1v) is 7.85. The third kappa shape index (κ3) is 3.11. The molecule has 1 aromatic rings. The molecule has 20 heavy (non-hydrogen) atoms. The number of aromatic amines is 1. The first-order valence-electron chi connectivity index (χ1n) is 6.41. The smallest absolute Gasteiger partial charge is 0.247 e. The van der Waals surface area contributed by atoms with E-state index in [4.69, 9.17) is 4.74 Å². The monoisotopic (exact) mass is 300 g/mol. The average molecular weight is 300 g/mol. The summed E-state index contributed by atoms with van der Waals surface area (Å²) in [6, 6.07) is 2.53. The molecule has 1 aliphatic heterocycles. The molecule has 0 amide bonds. The predicted octanol–water partition coefficient (Wildman–Crippen LogP) is 0.953. The van der Waals surface area contributed by atoms with Crippen molar-refractivity contribution < 1.29 is 13.2 Å². The molecule has 0 atom stereocenters. The molecule has 1 N–H and O–H groups in total. The molecule has 0 aliphatic carbocycles. The zero-order chi connectivity index (χ0) is 15.2. The van der Waals surface area contributed by atoms with Crippen molar-refractivity contribution >= 4 is 10.0 Å². The van der Waals surface area contributed by atoms with Crippen LogP contribution in [0.15, 0.2) is 28.0 Å². The molecule has 2 rings (SSSR count). The Balaban J connectivity index is 2.38. The number of hydrogen-bond donors (Lipinski definition) is 1. The normalized spacial score (nSPS) is 22.6. The Bertz CT molecular complexity index is 625. The van der Waals surface area contributed by atoms with Crippen LogP contribution in [0.4, 0.5) is 0 Å². The van der Waals surface area contributed by atoms with Gasteiger partial charge in [-0.1, -0.05) is 0 Å². The van der Waals surface area contributed by atoms with Crippen LogP contribution in [0, 0.1) is 0 Å². The first-order chi connectivity index (χ1) is 9.02. The summed E-state index contributed by atoms with van der Waals surface area (Å²) in [6.07, 6.45) is 1.23. The maximum Gasteiger partial charge on any atom is 0.247 e. The lowest BCUT2D eigenvalue weighted by Gasteiger charge is -2.46. The summed E-state index contributed by atoms with van der Waals surface area (Å²) >= 11 is 0. The Kier molecular flexibility index (Phi) is 3.56. The number of nitrogens with one attached hydrogen (secondary N) is 1. The van der Waals surface area contributed by atoms with Crippen LogP contribution in [0.2, 0.25) is 0 Å². The fraction of sp³-hybridized carbons (Fsp3) is 0.615. The highest BCUT2D eigenvalue weighted by Crippen LogP contribution is 2.31. The van der Waals surface area contributed by atoms with Gasteiger partial charge in [0, 0.05) is 25.4 Å². The molecule has 0 bridgehead atoms. The van der Waals surface area contributed by atoms with Crippen molar-refractivity contribution in [2.24, 2.45) is 0 Å². The minimum atomic E-state index is -3.64. The maximum atomic E-state index is 12.6. The Labute approximate surface area is 118 Å². The molecular weight excluding hydrogens is 280 g/mol. The van der Waals surface area contributed by atoms with Gasteiger partial charge in [-0.2, -0.15) is 4.31 Å². The third-order valence-corrected chi connectivity index (χ3v) is 4.85. The summed E-state index contributed by atoms with van der Waals surface area (Å²) < 4.78 is 32.5. The minimum absolute atomic E-state index is 0.0885. The van der Waals surface area contributed by atoms with Gasteiger partial charge < -0.3 is 9.72 Å². The molecule has 2 heterocycles. The van der Waals surface area contributed by atoms with Crippen molar-refractivity contribution in [1.29, 1.82) is 0 Å². The van der Waals surface area contributed by atoms with Crippen LogP contribution in [0.3, 0.4) is 0 Å². The van der Waals surface area contributed by atoms with Gasteiger partial charge in [-0.3, -0.25) is 4.79 Å². The van der Waals surface area contributed by atoms with Crippen molar-refractivity contribution in [1.82, 2.24) is 9.29 Å². The number of aromatic nitrogens is 1. The lowest BCUT2D eigenvalue weighted by atomic mass is 10.0. The summed E-state index contributed by atoms with van der Waals surface area (Å²) in [7, 11) is -3.64. The van der Waals surface area contributed by atoms with Crippen molar-refractivity contribution in [3.63, 3.8) is 0 Å². The second kappa shape index (κ2) is 4.68. The fourth-order valence-corrected chi connectivity index (χ4v) is 4.30. The number of pyridine rings is 1. The van der Waals surface area contributed by atoms with E-state index in [1.54, 1.807) is 0 Å². The molecule has 0 aromatic carbocycles. The molecule has 1 aliphatic rings. The summed E-state index contributed by atoms with van der Waals surface area (Å²) in [4.78, 5) is 13.5. The maximum absolute atomic E-state index is 12.6. The standard InChI is InChI=1S/C13H20N2O4S/c1-12(2)8-15(9-13(3,4)19-12)20(17,18)10-5-6-11(16)14-7-10/h5-7H,8-9H2,1-4H3,(H,14,16). The Hall–Kier alpha value is -1.18. The molecule has 6 nitrogen and oxygen atoms in total. The van der Waals surface area contributed by atoms with Crippen LogP contribution in [0.5, 0.6) is 0 Å². The Morgan fingerprint density at radius 2 is 1.70 bits per heavy atom. The van der Waals surface area contributed by atoms with E-state index in [0.717, 1.165) is 0 Å². The van der Waals surface area contributed by atoms with E-state index in [2.05, 4.69) is 4.98 Å². The average Bonchev–Trinajstić information content (AvgIpc) is 2.25. The van der Waals surface area contributed by atoms with Crippen molar-refractivity contribution in [2.45, 2.75) is 43.8 Å². The van der Waals surface area contributed by atoms with E-state index in [1.807, 2.05) is 27.7 Å². The van der Waals surface area contributed by atoms with E-state index in [9.17, 15) is 13.2 Å². The van der Waals surface area contributed by atoms with E-state index in [-0.39, 0.29) is 23.5 Å². The van der Waals surface area contributed by atoms with Crippen LogP contribution in [0.1, 0.15) is 27.7 Å². The third-order valence-electron chi connectivity index (χ3n) is 3.06. The molecule has 0 unspecified atom stereocenters. The van der Waals surface area contributed by atoms with Crippen LogP contribution < -0.4 is 5.56 Å². The molecule has 1 aromatic heterocycles. The van der Waals surface area contributed by atoms with Gasteiger partial charge in [-0.15, -0.1) is 0 Å². The van der Waals surface area contributed by atoms with Crippen LogP contribution in [0.25, 0.3) is 0 Å². The van der Waals surface area contributed by atoms with Gasteiger partial charge in [0.05, 0.1) is 16.1 Å². The van der Waals surface area contributed by atoms with Gasteiger partial charge >= 0.3 is 0 Å². The van der Waals surface area contributed by atoms with E-state index >= 15 is 0 Å². The number of rotatable bonds is 2. The second-order valence-corrected chi connectivity index (χ2v) is 8.22. The summed E-state index contributed by atoms with van der Waals surface area (Å²) in [6.45, 7) is 8.01. The first kappa shape index (κ1) is 15.2. The number of H-pyrrole nitrogens is 1. The summed E-state index contributed by atoms with van der Waals surface area (Å²) in [5.41, 5.74) is -1.44. The summed E-state index contributed by atoms with van der Waals surface area (Å²) in [5.74, 6) is 0. The van der Waals surface area contributed by atoms with Gasteiger partial charge in [-0.05, 0) is 33.8 Å². The van der Waals surface area contributed by atoms with Crippen molar-refractivity contribution in [3.8, 4) is 0 Å². The van der Waals surface area contributed by atoms with E-state index in [1.165, 1.54) is 22.6 Å². The van der Waals surface area contributed by atoms with Crippen molar-refractivity contribution in [3.05, 3.63) is 28.7 Å². The quantitative estimate of drug-likeness (QED) is 0.882. The number of sulfonamides is 1. The molecule has 0 radical (unpaired) electrons. The van der Waals surface area contributed by atoms with Gasteiger partial charge in [0.2, 0.25) is 15.6 Å². The van der Waals surface area contributed by atoms with E-state index < -0.39 is 21.2 Å². The zero-order valence-electron chi connectivity index (χ0n) is 12.1. The molecule has 112 valence electrons. The van der Waals surface area contributed by atoms with Gasteiger partial charge in [0.25, 0.3) is 0 Å². The topological polar surface area (TPSA) is 79.5 Å². The zero-order valence-corrected chi connectivity index (χ0v) is 13.0. The molecule has 0 spiro atoms. The molecule has 0 saturated carbocycles. The summed E-state index contributed by atoms with van der Waals surface area (Å²) in [5, 5.41) is 0. The van der Waals surface area contributed by atoms with Gasteiger partial charge in [0.15, 0.2) is 0 Å². The highest BCUT2D eigenvalue weighted by Gasteiger charge is 2.43. The second-order valence-electron chi connectivity index (χ2n) is 6.28. The molecule has 7 heteroatoms. The molecule has 1 saturated heterocycles. The number of ether oxygens (including phenoxy) is 1. The van der Waals surface area contributed by atoms with Gasteiger partial charge in [0.1, 0.15) is 0 Å². The molecular formula is C13H20N2O4S. The number of hydrogen-bond acceptors (Lipinski definition) is 4. The Morgan fingerprint density at radius 3 is 2.15 bits per heavy atom. The lowest BCUT2D eigenvalue weighted by molar-refractivity contribution is -0.163.